The number of ether oxygens (including phenoxy) is 1. The summed E-state index contributed by atoms with van der Waals surface area (Å²) in [6.07, 6.45) is 0.457. The summed E-state index contributed by atoms with van der Waals surface area (Å²) in [5, 5.41) is 1.81. The topological polar surface area (TPSA) is 127 Å². The van der Waals surface area contributed by atoms with Crippen LogP contribution in [0.4, 0.5) is 15.9 Å². The Hall–Kier alpha value is -2.88. The van der Waals surface area contributed by atoms with Crippen molar-refractivity contribution in [1.82, 2.24) is 9.97 Å². The Balaban J connectivity index is 2.22. The van der Waals surface area contributed by atoms with Crippen LogP contribution in [0, 0.1) is 5.82 Å². The zero-order chi connectivity index (χ0) is 20.0. The minimum Gasteiger partial charge on any atom is -0.465 e. The van der Waals surface area contributed by atoms with E-state index < -0.39 is 28.5 Å². The number of nitrogens with zero attached hydrogens (tertiary/aromatic N) is 1. The maximum absolute atomic E-state index is 13.7. The number of halogens is 1. The van der Waals surface area contributed by atoms with Gasteiger partial charge in [0.15, 0.2) is 11.0 Å². The predicted molar refractivity (Wildman–Crippen MR) is 100 cm³/mol. The smallest absolute Gasteiger partial charge is 0.319 e. The Kier molecular flexibility index (Phi) is 6.94. The molecule has 0 fully saturated rings. The van der Waals surface area contributed by atoms with Gasteiger partial charge in [0.25, 0.3) is 11.5 Å². The average Bonchev–Trinajstić information content (AvgIpc) is 2.63. The summed E-state index contributed by atoms with van der Waals surface area (Å²) in [7, 11) is 0. The number of anilines is 2. The van der Waals surface area contributed by atoms with E-state index in [1.54, 1.807) is 13.8 Å². The van der Waals surface area contributed by atoms with Gasteiger partial charge in [-0.15, -0.1) is 0 Å². The number of thioether (sulfide) groups is 1. The molecule has 0 aliphatic heterocycles. The standard InChI is InChI=1S/C17H19FN4O4S/c1-3-11(16(25)26-4-2)27-17-21-13(19)12(15(24)22-17)20-14(23)9-7-5-6-8-10(9)18/h5-8,11H,3-4H2,1-2H3,(H,20,23)(H3,19,21,22,24)/t11-/m0/s1. The van der Waals surface area contributed by atoms with Gasteiger partial charge < -0.3 is 15.8 Å². The third-order valence-electron chi connectivity index (χ3n) is 3.46. The molecule has 27 heavy (non-hydrogen) atoms. The molecule has 0 aliphatic carbocycles. The molecule has 4 N–H and O–H groups in total. The number of carbonyl (C=O) groups excluding carboxylic acids is 2. The zero-order valence-electron chi connectivity index (χ0n) is 14.7. The van der Waals surface area contributed by atoms with E-state index in [0.717, 1.165) is 17.8 Å². The normalized spacial score (nSPS) is 11.7. The number of hydrogen-bond donors (Lipinski definition) is 3. The molecule has 2 aromatic rings. The number of rotatable bonds is 7. The summed E-state index contributed by atoms with van der Waals surface area (Å²) in [6, 6.07) is 5.33. The molecule has 144 valence electrons. The van der Waals surface area contributed by atoms with E-state index >= 15 is 0 Å². The Morgan fingerprint density at radius 2 is 2.07 bits per heavy atom. The van der Waals surface area contributed by atoms with Gasteiger partial charge in [-0.2, -0.15) is 0 Å². The molecular weight excluding hydrogens is 375 g/mol. The molecule has 0 aliphatic rings. The van der Waals surface area contributed by atoms with E-state index in [9.17, 15) is 18.8 Å². The van der Waals surface area contributed by atoms with E-state index in [1.807, 2.05) is 0 Å². The highest BCUT2D eigenvalue weighted by atomic mass is 32.2. The Labute approximate surface area is 158 Å². The highest BCUT2D eigenvalue weighted by molar-refractivity contribution is 8.00. The molecule has 0 spiro atoms. The van der Waals surface area contributed by atoms with Crippen LogP contribution in [0.15, 0.2) is 34.2 Å². The number of aromatic nitrogens is 2. The van der Waals surface area contributed by atoms with Crippen LogP contribution >= 0.6 is 11.8 Å². The van der Waals surface area contributed by atoms with Crippen molar-refractivity contribution < 1.29 is 18.7 Å². The van der Waals surface area contributed by atoms with Crippen molar-refractivity contribution in [3.8, 4) is 0 Å². The molecule has 1 heterocycles. The van der Waals surface area contributed by atoms with Gasteiger partial charge in [0.05, 0.1) is 12.2 Å². The lowest BCUT2D eigenvalue weighted by atomic mass is 10.2. The molecule has 1 atom stereocenters. The number of esters is 1. The van der Waals surface area contributed by atoms with E-state index in [-0.39, 0.29) is 28.8 Å². The van der Waals surface area contributed by atoms with Crippen molar-refractivity contribution in [3.63, 3.8) is 0 Å². The molecule has 0 saturated carbocycles. The highest BCUT2D eigenvalue weighted by Crippen LogP contribution is 2.24. The van der Waals surface area contributed by atoms with Crippen LogP contribution in [0.1, 0.15) is 30.6 Å². The van der Waals surface area contributed by atoms with Gasteiger partial charge >= 0.3 is 5.97 Å². The molecule has 0 bridgehead atoms. The first-order valence-electron chi connectivity index (χ1n) is 8.16. The number of aromatic amines is 1. The van der Waals surface area contributed by atoms with E-state index in [2.05, 4.69) is 15.3 Å². The van der Waals surface area contributed by atoms with Crippen molar-refractivity contribution in [2.45, 2.75) is 30.7 Å². The fourth-order valence-corrected chi connectivity index (χ4v) is 3.04. The number of nitrogens with one attached hydrogen (secondary N) is 2. The number of hydrogen-bond acceptors (Lipinski definition) is 7. The van der Waals surface area contributed by atoms with Crippen molar-refractivity contribution in [1.29, 1.82) is 0 Å². The summed E-state index contributed by atoms with van der Waals surface area (Å²) < 4.78 is 18.6. The molecule has 0 radical (unpaired) electrons. The molecular formula is C17H19FN4O4S. The number of nitrogens with two attached hydrogens (primary N) is 1. The molecule has 1 aromatic carbocycles. The summed E-state index contributed by atoms with van der Waals surface area (Å²) in [6.45, 7) is 3.72. The van der Waals surface area contributed by atoms with E-state index in [0.29, 0.717) is 6.42 Å². The summed E-state index contributed by atoms with van der Waals surface area (Å²) in [4.78, 5) is 42.7. The van der Waals surface area contributed by atoms with Crippen LogP contribution in [0.5, 0.6) is 0 Å². The van der Waals surface area contributed by atoms with Crippen LogP contribution < -0.4 is 16.6 Å². The molecule has 0 unspecified atom stereocenters. The molecule has 10 heteroatoms. The van der Waals surface area contributed by atoms with Gasteiger partial charge in [-0.1, -0.05) is 30.8 Å². The van der Waals surface area contributed by atoms with E-state index in [1.165, 1.54) is 18.2 Å². The Morgan fingerprint density at radius 3 is 2.67 bits per heavy atom. The lowest BCUT2D eigenvalue weighted by Gasteiger charge is -2.13. The second-order valence-electron chi connectivity index (χ2n) is 5.33. The van der Waals surface area contributed by atoms with Crippen molar-refractivity contribution in [3.05, 3.63) is 46.0 Å². The monoisotopic (exact) mass is 394 g/mol. The van der Waals surface area contributed by atoms with Gasteiger partial charge in [-0.25, -0.2) is 9.37 Å². The maximum Gasteiger partial charge on any atom is 0.319 e. The van der Waals surface area contributed by atoms with Crippen molar-refractivity contribution in [2.24, 2.45) is 0 Å². The largest absolute Gasteiger partial charge is 0.465 e. The van der Waals surface area contributed by atoms with Crippen LogP contribution in [0.2, 0.25) is 0 Å². The first-order valence-corrected chi connectivity index (χ1v) is 9.04. The minimum absolute atomic E-state index is 0.112. The van der Waals surface area contributed by atoms with Crippen LogP contribution in [0.25, 0.3) is 0 Å². The Morgan fingerprint density at radius 1 is 1.37 bits per heavy atom. The number of amides is 1. The minimum atomic E-state index is -0.828. The first-order chi connectivity index (χ1) is 12.9. The second kappa shape index (κ2) is 9.17. The number of nitrogen functional groups attached to an aromatic ring is 1. The summed E-state index contributed by atoms with van der Waals surface area (Å²) in [5.74, 6) is -2.23. The number of carbonyl (C=O) groups is 2. The number of benzene rings is 1. The summed E-state index contributed by atoms with van der Waals surface area (Å²) >= 11 is 0.998. The van der Waals surface area contributed by atoms with Gasteiger partial charge in [0.2, 0.25) is 0 Å². The maximum atomic E-state index is 13.7. The second-order valence-corrected chi connectivity index (χ2v) is 6.52. The first kappa shape index (κ1) is 20.4. The zero-order valence-corrected chi connectivity index (χ0v) is 15.6. The van der Waals surface area contributed by atoms with Crippen LogP contribution in [-0.2, 0) is 9.53 Å². The quantitative estimate of drug-likeness (QED) is 0.373. The van der Waals surface area contributed by atoms with Gasteiger partial charge in [0, 0.05) is 0 Å². The predicted octanol–water partition coefficient (Wildman–Crippen LogP) is 2.18. The molecule has 8 nitrogen and oxygen atoms in total. The Bertz CT molecular complexity index is 903. The van der Waals surface area contributed by atoms with Gasteiger partial charge in [-0.3, -0.25) is 19.4 Å². The molecule has 1 amide bonds. The lowest BCUT2D eigenvalue weighted by Crippen LogP contribution is -2.25. The van der Waals surface area contributed by atoms with Gasteiger partial charge in [0.1, 0.15) is 16.8 Å². The number of H-pyrrole nitrogens is 1. The van der Waals surface area contributed by atoms with Crippen molar-refractivity contribution in [2.75, 3.05) is 17.7 Å². The lowest BCUT2D eigenvalue weighted by molar-refractivity contribution is -0.142. The van der Waals surface area contributed by atoms with Crippen molar-refractivity contribution >= 4 is 35.1 Å². The fourth-order valence-electron chi connectivity index (χ4n) is 2.14. The SMILES string of the molecule is CCOC(=O)[C@H](CC)Sc1nc(N)c(NC(=O)c2ccccc2F)c(=O)[nH]1. The molecule has 0 saturated heterocycles. The fraction of sp³-hybridized carbons (Fsp3) is 0.294. The third-order valence-corrected chi connectivity index (χ3v) is 4.68. The molecule has 1 aromatic heterocycles. The van der Waals surface area contributed by atoms with Crippen LogP contribution in [0.3, 0.4) is 0 Å². The highest BCUT2D eigenvalue weighted by Gasteiger charge is 2.22. The average molecular weight is 394 g/mol. The van der Waals surface area contributed by atoms with Gasteiger partial charge in [-0.05, 0) is 25.5 Å². The third kappa shape index (κ3) is 5.07. The van der Waals surface area contributed by atoms with E-state index in [4.69, 9.17) is 10.5 Å². The van der Waals surface area contributed by atoms with Crippen LogP contribution in [-0.4, -0.2) is 33.7 Å². The summed E-state index contributed by atoms with van der Waals surface area (Å²) in [5.41, 5.74) is 4.53. The molecule has 2 rings (SSSR count).